The fraction of sp³-hybridized carbons (Fsp3) is 0. The van der Waals surface area contributed by atoms with Gasteiger partial charge in [0.2, 0.25) is 10.9 Å². The Bertz CT molecular complexity index is 688. The summed E-state index contributed by atoms with van der Waals surface area (Å²) < 4.78 is 0. The zero-order valence-electron chi connectivity index (χ0n) is 9.78. The first-order valence-electron chi connectivity index (χ1n) is 5.14. The molecule has 0 unspecified atom stereocenters. The largest absolute Gasteiger partial charge is 0.502 e. The van der Waals surface area contributed by atoms with Crippen LogP contribution in [0.25, 0.3) is 0 Å². The number of phenols is 1. The number of nitrogens with two attached hydrogens (primary N) is 1. The maximum absolute atomic E-state index is 10.7. The van der Waals surface area contributed by atoms with Gasteiger partial charge >= 0.3 is 5.69 Å². The van der Waals surface area contributed by atoms with Crippen molar-refractivity contribution in [3.63, 3.8) is 0 Å². The molecule has 2 aromatic rings. The molecule has 1 aromatic carbocycles. The fourth-order valence-corrected chi connectivity index (χ4v) is 2.11. The summed E-state index contributed by atoms with van der Waals surface area (Å²) in [5.74, 6) is -0.155. The lowest BCUT2D eigenvalue weighted by atomic mass is 10.2. The molecule has 0 spiro atoms. The van der Waals surface area contributed by atoms with Gasteiger partial charge in [-0.15, -0.1) is 11.3 Å². The first kappa shape index (κ1) is 14.0. The molecule has 2 rings (SSSR count). The number of aromatic hydroxyl groups is 1. The topological polar surface area (TPSA) is 127 Å². The van der Waals surface area contributed by atoms with Gasteiger partial charge in [-0.1, -0.05) is 11.6 Å². The molecule has 10 heteroatoms. The highest BCUT2D eigenvalue weighted by atomic mass is 35.5. The van der Waals surface area contributed by atoms with Crippen molar-refractivity contribution in [2.24, 2.45) is 5.10 Å². The Labute approximate surface area is 121 Å². The Kier molecular flexibility index (Phi) is 4.01. The van der Waals surface area contributed by atoms with Crippen molar-refractivity contribution in [3.8, 4) is 5.75 Å². The smallest absolute Gasteiger partial charge is 0.312 e. The fourth-order valence-electron chi connectivity index (χ4n) is 1.34. The van der Waals surface area contributed by atoms with Gasteiger partial charge < -0.3 is 10.8 Å². The molecule has 0 fully saturated rings. The monoisotopic (exact) mass is 313 g/mol. The first-order chi connectivity index (χ1) is 9.47. The molecule has 0 aliphatic heterocycles. The van der Waals surface area contributed by atoms with E-state index in [1.54, 1.807) is 5.38 Å². The van der Waals surface area contributed by atoms with Crippen LogP contribution < -0.4 is 11.2 Å². The van der Waals surface area contributed by atoms with E-state index < -0.39 is 16.4 Å². The molecular formula is C10H8ClN5O3S. The predicted octanol–water partition coefficient (Wildman–Crippen LogP) is 2.44. The van der Waals surface area contributed by atoms with Crippen molar-refractivity contribution >= 4 is 45.8 Å². The average Bonchev–Trinajstić information content (AvgIpc) is 2.78. The zero-order valence-corrected chi connectivity index (χ0v) is 11.4. The number of benzene rings is 1. The number of phenolic OH excluding ortho intramolecular Hbond substituents is 1. The molecule has 1 aromatic heterocycles. The highest BCUT2D eigenvalue weighted by molar-refractivity contribution is 7.14. The molecule has 0 aliphatic carbocycles. The van der Waals surface area contributed by atoms with Gasteiger partial charge in [0.05, 0.1) is 11.1 Å². The second kappa shape index (κ2) is 5.72. The number of nitrogens with one attached hydrogen (secondary N) is 1. The normalized spacial score (nSPS) is 10.8. The lowest BCUT2D eigenvalue weighted by Crippen LogP contribution is -1.95. The summed E-state index contributed by atoms with van der Waals surface area (Å²) >= 11 is 6.98. The van der Waals surface area contributed by atoms with Gasteiger partial charge in [-0.05, 0) is 6.07 Å². The van der Waals surface area contributed by atoms with Crippen LogP contribution in [0.2, 0.25) is 5.02 Å². The Morgan fingerprint density at radius 2 is 2.35 bits per heavy atom. The molecule has 20 heavy (non-hydrogen) atoms. The third-order valence-electron chi connectivity index (χ3n) is 2.17. The minimum atomic E-state index is -0.729. The maximum atomic E-state index is 10.7. The number of nitro groups is 1. The molecule has 1 heterocycles. The van der Waals surface area contributed by atoms with Crippen LogP contribution in [-0.4, -0.2) is 21.2 Å². The van der Waals surface area contributed by atoms with Crippen molar-refractivity contribution in [2.45, 2.75) is 0 Å². The molecule has 4 N–H and O–H groups in total. The molecule has 0 saturated carbocycles. The van der Waals surface area contributed by atoms with E-state index in [9.17, 15) is 15.2 Å². The van der Waals surface area contributed by atoms with Gasteiger partial charge in [-0.25, -0.2) is 4.98 Å². The van der Waals surface area contributed by atoms with Crippen molar-refractivity contribution in [3.05, 3.63) is 38.2 Å². The second-order valence-corrected chi connectivity index (χ2v) is 4.86. The van der Waals surface area contributed by atoms with Crippen LogP contribution in [0.5, 0.6) is 5.75 Å². The summed E-state index contributed by atoms with van der Waals surface area (Å²) in [7, 11) is 0. The molecule has 0 amide bonds. The molecule has 8 nitrogen and oxygen atoms in total. The minimum absolute atomic E-state index is 0.112. The van der Waals surface area contributed by atoms with Crippen molar-refractivity contribution in [2.75, 3.05) is 11.2 Å². The third kappa shape index (κ3) is 3.13. The summed E-state index contributed by atoms with van der Waals surface area (Å²) in [6.07, 6.45) is 1.20. The lowest BCUT2D eigenvalue weighted by Gasteiger charge is -2.01. The van der Waals surface area contributed by atoms with Crippen molar-refractivity contribution in [1.82, 2.24) is 4.98 Å². The quantitative estimate of drug-likeness (QED) is 0.452. The highest BCUT2D eigenvalue weighted by Crippen LogP contribution is 2.32. The minimum Gasteiger partial charge on any atom is -0.502 e. The van der Waals surface area contributed by atoms with E-state index in [0.29, 0.717) is 10.9 Å². The van der Waals surface area contributed by atoms with Gasteiger partial charge in [0.25, 0.3) is 0 Å². The number of hydrogen-bond donors (Lipinski definition) is 3. The number of rotatable bonds is 4. The zero-order chi connectivity index (χ0) is 14.7. The Hall–Kier alpha value is -2.39. The molecular weight excluding hydrogens is 306 g/mol. The van der Waals surface area contributed by atoms with E-state index in [0.717, 1.165) is 6.07 Å². The number of thiazole rings is 1. The van der Waals surface area contributed by atoms with Gasteiger partial charge in [0, 0.05) is 22.0 Å². The van der Waals surface area contributed by atoms with Crippen LogP contribution in [0.4, 0.5) is 16.6 Å². The van der Waals surface area contributed by atoms with Crippen molar-refractivity contribution < 1.29 is 10.0 Å². The number of nitrogen functional groups attached to an aromatic ring is 1. The van der Waals surface area contributed by atoms with Crippen LogP contribution >= 0.6 is 22.9 Å². The third-order valence-corrected chi connectivity index (χ3v) is 3.15. The van der Waals surface area contributed by atoms with E-state index in [1.165, 1.54) is 23.6 Å². The summed E-state index contributed by atoms with van der Waals surface area (Å²) in [5, 5.41) is 26.5. The van der Waals surface area contributed by atoms with Gasteiger partial charge in [-0.3, -0.25) is 15.5 Å². The number of anilines is 2. The highest BCUT2D eigenvalue weighted by Gasteiger charge is 2.17. The van der Waals surface area contributed by atoms with E-state index in [-0.39, 0.29) is 10.6 Å². The molecule has 0 saturated heterocycles. The first-order valence-corrected chi connectivity index (χ1v) is 6.40. The molecule has 0 atom stereocenters. The number of nitrogens with zero attached hydrogens (tertiary/aromatic N) is 3. The molecule has 104 valence electrons. The SMILES string of the molecule is Nc1csc(NN=Cc2cc(Cl)cc([N+](=O)[O-])c2O)n1. The van der Waals surface area contributed by atoms with Gasteiger partial charge in [0.15, 0.2) is 0 Å². The number of halogens is 1. The number of hydrogen-bond acceptors (Lipinski definition) is 8. The Morgan fingerprint density at radius 3 is 2.95 bits per heavy atom. The van der Waals surface area contributed by atoms with Crippen molar-refractivity contribution in [1.29, 1.82) is 0 Å². The molecule has 0 aliphatic rings. The second-order valence-electron chi connectivity index (χ2n) is 3.57. The standard InChI is InChI=1S/C10H8ClN5O3S/c11-6-1-5(9(17)7(2-6)16(18)19)3-13-15-10-14-8(12)4-20-10/h1-4,17H,12H2,(H,14,15). The number of aromatic nitrogens is 1. The number of hydrazone groups is 1. The van der Waals surface area contributed by atoms with Gasteiger partial charge in [0.1, 0.15) is 5.82 Å². The van der Waals surface area contributed by atoms with Gasteiger partial charge in [-0.2, -0.15) is 5.10 Å². The summed E-state index contributed by atoms with van der Waals surface area (Å²) in [5.41, 5.74) is 7.64. The molecule has 0 bridgehead atoms. The van der Waals surface area contributed by atoms with Crippen LogP contribution in [0.1, 0.15) is 5.56 Å². The lowest BCUT2D eigenvalue weighted by molar-refractivity contribution is -0.385. The maximum Gasteiger partial charge on any atom is 0.312 e. The summed E-state index contributed by atoms with van der Waals surface area (Å²) in [4.78, 5) is 13.9. The van der Waals surface area contributed by atoms with E-state index in [2.05, 4.69) is 15.5 Å². The Morgan fingerprint density at radius 1 is 1.60 bits per heavy atom. The van der Waals surface area contributed by atoms with Crippen LogP contribution in [0.15, 0.2) is 22.6 Å². The van der Waals surface area contributed by atoms with E-state index in [4.69, 9.17) is 17.3 Å². The Balaban J connectivity index is 2.22. The van der Waals surface area contributed by atoms with E-state index >= 15 is 0 Å². The average molecular weight is 314 g/mol. The van der Waals surface area contributed by atoms with Crippen LogP contribution in [-0.2, 0) is 0 Å². The van der Waals surface area contributed by atoms with Crippen LogP contribution in [0, 0.1) is 10.1 Å². The van der Waals surface area contributed by atoms with Crippen LogP contribution in [0.3, 0.4) is 0 Å². The number of nitro benzene ring substituents is 1. The van der Waals surface area contributed by atoms with E-state index in [1.807, 2.05) is 0 Å². The summed E-state index contributed by atoms with van der Waals surface area (Å²) in [6.45, 7) is 0. The predicted molar refractivity (Wildman–Crippen MR) is 77.5 cm³/mol. The summed E-state index contributed by atoms with van der Waals surface area (Å²) in [6, 6.07) is 2.41. The molecule has 0 radical (unpaired) electrons.